The lowest BCUT2D eigenvalue weighted by Crippen LogP contribution is -2.29. The van der Waals surface area contributed by atoms with Crippen LogP contribution in [-0.4, -0.2) is 49.8 Å². The zero-order chi connectivity index (χ0) is 54.7. The third-order valence-corrected chi connectivity index (χ3v) is 23.1. The minimum atomic E-state index is 0.358. The van der Waals surface area contributed by atoms with Crippen molar-refractivity contribution in [3.63, 3.8) is 0 Å². The Morgan fingerprint density at radius 2 is 0.353 bits per heavy atom. The van der Waals surface area contributed by atoms with Gasteiger partial charge in [0.2, 0.25) is 0 Å². The van der Waals surface area contributed by atoms with Crippen LogP contribution in [0.3, 0.4) is 0 Å². The molecule has 10 aliphatic rings. The fourth-order valence-electron chi connectivity index (χ4n) is 19.6. The molecule has 0 N–H and O–H groups in total. The molecule has 10 bridgehead atoms. The highest BCUT2D eigenvalue weighted by Gasteiger charge is 2.43. The first kappa shape index (κ1) is 45.9. The third kappa shape index (κ3) is 6.55. The van der Waals surface area contributed by atoms with Crippen molar-refractivity contribution >= 4 is 65.9 Å². The van der Waals surface area contributed by atoms with Gasteiger partial charge in [-0.15, -0.1) is 0 Å². The van der Waals surface area contributed by atoms with Crippen LogP contribution in [-0.2, 0) is 64.2 Å². The summed E-state index contributed by atoms with van der Waals surface area (Å²) in [6.07, 6.45) is 15.3. The Hall–Kier alpha value is -8.50. The molecule has 10 heteroatoms. The van der Waals surface area contributed by atoms with E-state index >= 15 is 0 Å². The van der Waals surface area contributed by atoms with Crippen molar-refractivity contribution in [1.82, 2.24) is 49.8 Å². The summed E-state index contributed by atoms with van der Waals surface area (Å²) >= 11 is 0. The van der Waals surface area contributed by atoms with Gasteiger partial charge in [0.1, 0.15) is 0 Å². The van der Waals surface area contributed by atoms with Gasteiger partial charge in [-0.1, -0.05) is 36.4 Å². The number of hydrogen-bond donors (Lipinski definition) is 0. The first-order valence-corrected chi connectivity index (χ1v) is 32.0. The van der Waals surface area contributed by atoms with Crippen LogP contribution in [0.25, 0.3) is 65.9 Å². The molecule has 10 heterocycles. The summed E-state index contributed by atoms with van der Waals surface area (Å²) in [6.45, 7) is 0. The fraction of sp³-hybridized carbons (Fsp3) is 0.333. The second-order valence-electron chi connectivity index (χ2n) is 28.1. The lowest BCUT2D eigenvalue weighted by atomic mass is 9.69. The number of hydrogen-bond acceptors (Lipinski definition) is 10. The van der Waals surface area contributed by atoms with Gasteiger partial charge >= 0.3 is 0 Å². The van der Waals surface area contributed by atoms with Crippen LogP contribution in [0.15, 0.2) is 109 Å². The summed E-state index contributed by atoms with van der Waals surface area (Å²) in [7, 11) is 0. The van der Waals surface area contributed by atoms with Gasteiger partial charge in [-0.05, 0) is 225 Å². The normalized spacial score (nSPS) is 26.4. The molecule has 10 aliphatic carbocycles. The fourth-order valence-corrected chi connectivity index (χ4v) is 19.6. The molecule has 0 aliphatic heterocycles. The molecular weight excluding hydrogens is 1040 g/mol. The molecular formula is C75H58N10. The van der Waals surface area contributed by atoms with Crippen molar-refractivity contribution in [3.05, 3.63) is 222 Å². The lowest BCUT2D eigenvalue weighted by molar-refractivity contribution is 0.436. The zero-order valence-electron chi connectivity index (χ0n) is 47.2. The molecule has 10 atom stereocenters. The topological polar surface area (TPSA) is 129 Å². The van der Waals surface area contributed by atoms with Crippen molar-refractivity contribution < 1.29 is 0 Å². The lowest BCUT2D eigenvalue weighted by Gasteiger charge is -2.38. The SMILES string of the molecule is c1ccc2nc3c(cc2c1)CC1CC3Cc2cc3nc4c(cc3nc21)CC1CC4Cc2cc3nc4c(cc3nc21)CC1CC4Cc2cc3nc4c(cc3nc21)CC1CC4Cc2cc3nc4c(cc3nc21)CC1CC4Cc2cc3ccccc3nc21. The summed E-state index contributed by atoms with van der Waals surface area (Å²) in [5.74, 6) is 3.91. The predicted molar refractivity (Wildman–Crippen MR) is 329 cm³/mol. The summed E-state index contributed by atoms with van der Waals surface area (Å²) in [5.41, 5.74) is 37.3. The summed E-state index contributed by atoms with van der Waals surface area (Å²) in [5, 5.41) is 2.48. The van der Waals surface area contributed by atoms with E-state index in [0.29, 0.717) is 59.2 Å². The van der Waals surface area contributed by atoms with E-state index in [2.05, 4.69) is 109 Å². The van der Waals surface area contributed by atoms with Crippen LogP contribution in [0.1, 0.15) is 204 Å². The van der Waals surface area contributed by atoms with Crippen molar-refractivity contribution in [2.45, 2.75) is 155 Å². The number of rotatable bonds is 0. The van der Waals surface area contributed by atoms with Crippen LogP contribution in [0.4, 0.5) is 0 Å². The quantitative estimate of drug-likeness (QED) is 0.145. The monoisotopic (exact) mass is 1100 g/mol. The second-order valence-corrected chi connectivity index (χ2v) is 28.1. The van der Waals surface area contributed by atoms with E-state index < -0.39 is 0 Å². The van der Waals surface area contributed by atoms with Crippen LogP contribution >= 0.6 is 0 Å². The molecule has 0 saturated heterocycles. The second kappa shape index (κ2) is 16.3. The van der Waals surface area contributed by atoms with Gasteiger partial charge in [0.05, 0.1) is 55.2 Å². The molecule has 22 rings (SSSR count). The van der Waals surface area contributed by atoms with E-state index in [1.807, 2.05) is 0 Å². The van der Waals surface area contributed by atoms with Crippen molar-refractivity contribution in [1.29, 1.82) is 0 Å². The van der Waals surface area contributed by atoms with Crippen LogP contribution < -0.4 is 0 Å². The average molecular weight is 1100 g/mol. The molecule has 10 aromatic heterocycles. The van der Waals surface area contributed by atoms with Crippen molar-refractivity contribution in [3.8, 4) is 0 Å². The van der Waals surface area contributed by atoms with Crippen molar-refractivity contribution in [2.24, 2.45) is 0 Å². The number of benzene rings is 2. The van der Waals surface area contributed by atoms with Gasteiger partial charge in [0.15, 0.2) is 0 Å². The van der Waals surface area contributed by atoms with E-state index in [0.717, 1.165) is 151 Å². The highest BCUT2D eigenvalue weighted by molar-refractivity contribution is 5.84. The van der Waals surface area contributed by atoms with Crippen LogP contribution in [0.5, 0.6) is 0 Å². The Labute approximate surface area is 490 Å². The molecule has 10 nitrogen and oxygen atoms in total. The van der Waals surface area contributed by atoms with Gasteiger partial charge < -0.3 is 0 Å². The molecule has 85 heavy (non-hydrogen) atoms. The number of nitrogens with zero attached hydrogens (tertiary/aromatic N) is 10. The Morgan fingerprint density at radius 1 is 0.188 bits per heavy atom. The first-order valence-electron chi connectivity index (χ1n) is 32.0. The third-order valence-electron chi connectivity index (χ3n) is 23.1. The van der Waals surface area contributed by atoms with Gasteiger partial charge in [0, 0.05) is 127 Å². The Kier molecular flexibility index (Phi) is 8.78. The summed E-state index contributed by atoms with van der Waals surface area (Å²) < 4.78 is 0. The number of aromatic nitrogens is 10. The molecule has 2 aromatic carbocycles. The molecule has 0 amide bonds. The van der Waals surface area contributed by atoms with Crippen molar-refractivity contribution in [2.75, 3.05) is 0 Å². The average Bonchev–Trinajstić information content (AvgIpc) is 2.36. The smallest absolute Gasteiger partial charge is 0.0893 e. The summed E-state index contributed by atoms with van der Waals surface area (Å²) in [4.78, 5) is 54.9. The Morgan fingerprint density at radius 3 is 0.553 bits per heavy atom. The molecule has 0 spiro atoms. The maximum atomic E-state index is 5.60. The molecule has 0 fully saturated rings. The van der Waals surface area contributed by atoms with E-state index in [1.54, 1.807) is 0 Å². The molecule has 0 radical (unpaired) electrons. The highest BCUT2D eigenvalue weighted by atomic mass is 14.9. The van der Waals surface area contributed by atoms with Gasteiger partial charge in [-0.25, -0.2) is 0 Å². The van der Waals surface area contributed by atoms with E-state index in [4.69, 9.17) is 49.8 Å². The zero-order valence-corrected chi connectivity index (χ0v) is 47.2. The number of pyridine rings is 10. The minimum Gasteiger partial charge on any atom is -0.252 e. The number of para-hydroxylation sites is 2. The Bertz CT molecular complexity index is 4810. The van der Waals surface area contributed by atoms with Crippen LogP contribution in [0, 0.1) is 0 Å². The Balaban J connectivity index is 0.544. The molecule has 10 unspecified atom stereocenters. The molecule has 12 aromatic rings. The molecule has 408 valence electrons. The maximum Gasteiger partial charge on any atom is 0.0893 e. The van der Waals surface area contributed by atoms with Crippen LogP contribution in [0.2, 0.25) is 0 Å². The first-order chi connectivity index (χ1) is 41.9. The van der Waals surface area contributed by atoms with E-state index in [1.165, 1.54) is 123 Å². The van der Waals surface area contributed by atoms with Gasteiger partial charge in [0.25, 0.3) is 0 Å². The van der Waals surface area contributed by atoms with E-state index in [9.17, 15) is 0 Å². The van der Waals surface area contributed by atoms with Gasteiger partial charge in [-0.3, -0.25) is 49.8 Å². The number of fused-ring (bicyclic) bond motifs is 36. The standard InChI is InChI=1S/C75H58N10/c1-3-7-56-34(5-1)9-36-11-38-13-40(66(36)76-56)18-48-26-60-58(78-68(38)48)28-50-20-42-15-44(70(50)80-60)22-52-30-64-62(82-72(42)52)32-54-24-46-17-47(74(54)84-64)25-55-33-63-65(85-75(46)55)31-53-23-45-16-43(73(53)83-63)21-51-29-59-61(81-71(45)51)27-49-19-41-14-39(69(49)79-59)12-37-10-35-6-2-4-8-57(35)77-67(37)41/h1-10,26-33,38-47H,11-25H2. The largest absolute Gasteiger partial charge is 0.252 e. The molecule has 0 saturated carbocycles. The van der Waals surface area contributed by atoms with E-state index in [-0.39, 0.29) is 0 Å². The summed E-state index contributed by atoms with van der Waals surface area (Å²) in [6, 6.07) is 41.3. The highest BCUT2D eigenvalue weighted by Crippen LogP contribution is 2.54. The minimum absolute atomic E-state index is 0.358. The maximum absolute atomic E-state index is 5.60. The van der Waals surface area contributed by atoms with Gasteiger partial charge in [-0.2, -0.15) is 0 Å². The predicted octanol–water partition coefficient (Wildman–Crippen LogP) is 14.4.